The predicted octanol–water partition coefficient (Wildman–Crippen LogP) is 2.98. The van der Waals surface area contributed by atoms with Crippen LogP contribution in [0.1, 0.15) is 35.7 Å². The van der Waals surface area contributed by atoms with Crippen LogP contribution in [0, 0.1) is 13.8 Å². The van der Waals surface area contributed by atoms with Crippen molar-refractivity contribution in [2.24, 2.45) is 0 Å². The van der Waals surface area contributed by atoms with Crippen LogP contribution in [0.4, 0.5) is 0 Å². The fraction of sp³-hybridized carbons (Fsp3) is 0.500. The van der Waals surface area contributed by atoms with Gasteiger partial charge in [-0.05, 0) is 38.7 Å². The summed E-state index contributed by atoms with van der Waals surface area (Å²) in [6, 6.07) is 0.172. The number of hydrogen-bond acceptors (Lipinski definition) is 5. The number of fused-ring (bicyclic) bond motifs is 1. The Bertz CT molecular complexity index is 775. The summed E-state index contributed by atoms with van der Waals surface area (Å²) >= 11 is 2.64. The molecule has 1 N–H and O–H groups in total. The lowest BCUT2D eigenvalue weighted by molar-refractivity contribution is -0.133. The van der Waals surface area contributed by atoms with Crippen LogP contribution in [0.3, 0.4) is 0 Å². The van der Waals surface area contributed by atoms with Crippen LogP contribution in [0.25, 0.3) is 10.2 Å². The van der Waals surface area contributed by atoms with E-state index >= 15 is 0 Å². The molecule has 0 spiro atoms. The van der Waals surface area contributed by atoms with E-state index in [0.717, 1.165) is 46.3 Å². The van der Waals surface area contributed by atoms with Crippen LogP contribution >= 0.6 is 23.1 Å². The van der Waals surface area contributed by atoms with Crippen LogP contribution in [-0.2, 0) is 4.79 Å². The Morgan fingerprint density at radius 2 is 2.19 bits per heavy atom. The first-order valence-corrected chi connectivity index (χ1v) is 8.66. The molecular formula is C14H16N2O3S2. The van der Waals surface area contributed by atoms with Crippen LogP contribution in [-0.4, -0.2) is 26.4 Å². The average molecular weight is 324 g/mol. The van der Waals surface area contributed by atoms with Gasteiger partial charge in [0.2, 0.25) is 0 Å². The van der Waals surface area contributed by atoms with Gasteiger partial charge < -0.3 is 5.11 Å². The molecule has 2 heterocycles. The third kappa shape index (κ3) is 2.48. The molecule has 0 saturated heterocycles. The molecule has 1 aliphatic rings. The number of aliphatic carboxylic acids is 1. The maximum Gasteiger partial charge on any atom is 0.313 e. The molecule has 7 heteroatoms. The summed E-state index contributed by atoms with van der Waals surface area (Å²) in [6.07, 6.45) is 3.05. The number of carboxylic acids is 1. The molecule has 5 nitrogen and oxygen atoms in total. The lowest BCUT2D eigenvalue weighted by Gasteiger charge is -2.29. The molecule has 1 aliphatic carbocycles. The quantitative estimate of drug-likeness (QED) is 0.691. The van der Waals surface area contributed by atoms with Gasteiger partial charge in [0.15, 0.2) is 5.16 Å². The third-order valence-electron chi connectivity index (χ3n) is 3.97. The smallest absolute Gasteiger partial charge is 0.313 e. The van der Waals surface area contributed by atoms with Gasteiger partial charge in [-0.15, -0.1) is 11.3 Å². The zero-order chi connectivity index (χ0) is 15.1. The molecular weight excluding hydrogens is 308 g/mol. The third-order valence-corrected chi connectivity index (χ3v) is 6.01. The van der Waals surface area contributed by atoms with Crippen molar-refractivity contribution in [2.75, 3.05) is 5.75 Å². The monoisotopic (exact) mass is 324 g/mol. The summed E-state index contributed by atoms with van der Waals surface area (Å²) in [5.41, 5.74) is 0.981. The minimum atomic E-state index is -0.895. The van der Waals surface area contributed by atoms with E-state index in [1.807, 2.05) is 13.8 Å². The fourth-order valence-electron chi connectivity index (χ4n) is 2.48. The van der Waals surface area contributed by atoms with Gasteiger partial charge in [0, 0.05) is 10.9 Å². The van der Waals surface area contributed by atoms with Crippen molar-refractivity contribution in [1.29, 1.82) is 0 Å². The zero-order valence-corrected chi connectivity index (χ0v) is 13.5. The van der Waals surface area contributed by atoms with Gasteiger partial charge in [-0.1, -0.05) is 11.8 Å². The van der Waals surface area contributed by atoms with Gasteiger partial charge in [-0.25, -0.2) is 4.98 Å². The maximum absolute atomic E-state index is 12.8. The highest BCUT2D eigenvalue weighted by atomic mass is 32.2. The molecule has 2 aromatic rings. The fourth-order valence-corrected chi connectivity index (χ4v) is 4.34. The van der Waals surface area contributed by atoms with Crippen molar-refractivity contribution in [3.63, 3.8) is 0 Å². The Morgan fingerprint density at radius 3 is 2.76 bits per heavy atom. The number of carbonyl (C=O) groups is 1. The Kier molecular flexibility index (Phi) is 3.79. The first kappa shape index (κ1) is 14.6. The first-order valence-electron chi connectivity index (χ1n) is 6.86. The SMILES string of the molecule is Cc1sc2nc(SCC(=O)O)n(C3CCC3)c(=O)c2c1C. The lowest BCUT2D eigenvalue weighted by atomic mass is 9.93. The summed E-state index contributed by atoms with van der Waals surface area (Å²) in [5.74, 6) is -0.971. The van der Waals surface area contributed by atoms with Crippen molar-refractivity contribution in [1.82, 2.24) is 9.55 Å². The molecule has 3 rings (SSSR count). The number of thioether (sulfide) groups is 1. The molecule has 21 heavy (non-hydrogen) atoms. The molecule has 0 amide bonds. The molecule has 0 aliphatic heterocycles. The van der Waals surface area contributed by atoms with Crippen molar-refractivity contribution in [3.05, 3.63) is 20.8 Å². The van der Waals surface area contributed by atoms with Crippen LogP contribution < -0.4 is 5.56 Å². The van der Waals surface area contributed by atoms with E-state index < -0.39 is 5.97 Å². The second-order valence-electron chi connectivity index (χ2n) is 5.30. The maximum atomic E-state index is 12.8. The van der Waals surface area contributed by atoms with Gasteiger partial charge >= 0.3 is 5.97 Å². The van der Waals surface area contributed by atoms with Gasteiger partial charge in [0.25, 0.3) is 5.56 Å². The second kappa shape index (κ2) is 5.46. The van der Waals surface area contributed by atoms with Crippen molar-refractivity contribution in [3.8, 4) is 0 Å². The van der Waals surface area contributed by atoms with Crippen molar-refractivity contribution in [2.45, 2.75) is 44.3 Å². The van der Waals surface area contributed by atoms with E-state index in [-0.39, 0.29) is 17.4 Å². The molecule has 0 bridgehead atoms. The summed E-state index contributed by atoms with van der Waals surface area (Å²) < 4.78 is 1.72. The normalized spacial score (nSPS) is 15.3. The number of nitrogens with zero attached hydrogens (tertiary/aromatic N) is 2. The molecule has 1 saturated carbocycles. The number of aryl methyl sites for hydroxylation is 2. The number of thiophene rings is 1. The molecule has 0 aromatic carbocycles. The highest BCUT2D eigenvalue weighted by Crippen LogP contribution is 2.35. The summed E-state index contributed by atoms with van der Waals surface area (Å²) in [7, 11) is 0. The van der Waals surface area contributed by atoms with Gasteiger partial charge in [0.1, 0.15) is 4.83 Å². The minimum Gasteiger partial charge on any atom is -0.481 e. The summed E-state index contributed by atoms with van der Waals surface area (Å²) in [6.45, 7) is 3.94. The molecule has 0 atom stereocenters. The van der Waals surface area contributed by atoms with Crippen molar-refractivity contribution >= 4 is 39.3 Å². The zero-order valence-electron chi connectivity index (χ0n) is 11.9. The number of hydrogen-bond donors (Lipinski definition) is 1. The van der Waals surface area contributed by atoms with E-state index in [9.17, 15) is 9.59 Å². The van der Waals surface area contributed by atoms with E-state index in [1.54, 1.807) is 4.57 Å². The second-order valence-corrected chi connectivity index (χ2v) is 7.45. The molecule has 1 fully saturated rings. The Balaban J connectivity index is 2.19. The van der Waals surface area contributed by atoms with Crippen molar-refractivity contribution < 1.29 is 9.90 Å². The van der Waals surface area contributed by atoms with E-state index in [4.69, 9.17) is 5.11 Å². The highest BCUT2D eigenvalue weighted by Gasteiger charge is 2.26. The van der Waals surface area contributed by atoms with Crippen LogP contribution in [0.15, 0.2) is 9.95 Å². The number of aromatic nitrogens is 2. The van der Waals surface area contributed by atoms with Gasteiger partial charge in [-0.3, -0.25) is 14.2 Å². The van der Waals surface area contributed by atoms with Gasteiger partial charge in [-0.2, -0.15) is 0 Å². The first-order chi connectivity index (χ1) is 9.99. The summed E-state index contributed by atoms with van der Waals surface area (Å²) in [4.78, 5) is 30.0. The Labute approximate surface area is 130 Å². The lowest BCUT2D eigenvalue weighted by Crippen LogP contribution is -2.31. The molecule has 0 radical (unpaired) electrons. The van der Waals surface area contributed by atoms with E-state index in [0.29, 0.717) is 10.5 Å². The minimum absolute atomic E-state index is 0.0144. The highest BCUT2D eigenvalue weighted by molar-refractivity contribution is 7.99. The Morgan fingerprint density at radius 1 is 1.48 bits per heavy atom. The van der Waals surface area contributed by atoms with Crippen LogP contribution in [0.2, 0.25) is 0 Å². The summed E-state index contributed by atoms with van der Waals surface area (Å²) in [5, 5.41) is 10.1. The standard InChI is InChI=1S/C14H16N2O3S2/c1-7-8(2)21-12-11(7)13(19)16(9-4-3-5-9)14(15-12)20-6-10(17)18/h9H,3-6H2,1-2H3,(H,17,18). The molecule has 2 aromatic heterocycles. The number of rotatable bonds is 4. The average Bonchev–Trinajstić information content (AvgIpc) is 2.64. The van der Waals surface area contributed by atoms with Crippen LogP contribution in [0.5, 0.6) is 0 Å². The Hall–Kier alpha value is -1.34. The predicted molar refractivity (Wildman–Crippen MR) is 84.6 cm³/mol. The topological polar surface area (TPSA) is 72.2 Å². The van der Waals surface area contributed by atoms with Gasteiger partial charge in [0.05, 0.1) is 11.1 Å². The molecule has 0 unspecified atom stereocenters. The molecule has 112 valence electrons. The number of carboxylic acid groups (broad SMARTS) is 1. The largest absolute Gasteiger partial charge is 0.481 e. The van der Waals surface area contributed by atoms with E-state index in [2.05, 4.69) is 4.98 Å². The van der Waals surface area contributed by atoms with E-state index in [1.165, 1.54) is 11.3 Å².